The number of H-pyrrole nitrogens is 1. The van der Waals surface area contributed by atoms with E-state index in [1.165, 1.54) is 10.9 Å². The Bertz CT molecular complexity index is 1260. The minimum Gasteiger partial charge on any atom is -0.378 e. The monoisotopic (exact) mass is 519 g/mol. The molecule has 1 atom stereocenters. The van der Waals surface area contributed by atoms with E-state index in [0.29, 0.717) is 43.5 Å². The number of unbranched alkanes of at least 4 members (excludes halogenated alkanes) is 2. The smallest absolute Gasteiger partial charge is 0.241 e. The lowest BCUT2D eigenvalue weighted by molar-refractivity contribution is -0.128. The molecule has 37 heavy (non-hydrogen) atoms. The van der Waals surface area contributed by atoms with Crippen molar-refractivity contribution in [2.75, 3.05) is 39.4 Å². The van der Waals surface area contributed by atoms with Crippen molar-refractivity contribution in [3.8, 4) is 0 Å². The number of aliphatic imine (C=N–C) groups is 1. The predicted molar refractivity (Wildman–Crippen MR) is 148 cm³/mol. The number of para-hydroxylation sites is 1. The first-order valence-corrected chi connectivity index (χ1v) is 13.5. The van der Waals surface area contributed by atoms with Gasteiger partial charge in [-0.1, -0.05) is 24.6 Å². The molecule has 2 N–H and O–H groups in total. The number of allylic oxidation sites excluding steroid dienone is 2. The van der Waals surface area contributed by atoms with Crippen LogP contribution in [0.5, 0.6) is 0 Å². The Kier molecular flexibility index (Phi) is 8.11. The fraction of sp³-hybridized carbons (Fsp3) is 0.429. The maximum Gasteiger partial charge on any atom is 0.241 e. The lowest BCUT2D eigenvalue weighted by Gasteiger charge is -2.35. The number of fused-ring (bicyclic) bond motifs is 2. The summed E-state index contributed by atoms with van der Waals surface area (Å²) in [6.45, 7) is 4.18. The number of hydrogen-bond donors (Lipinski definition) is 2. The molecule has 1 saturated heterocycles. The first-order valence-electron chi connectivity index (χ1n) is 13.1. The zero-order valence-corrected chi connectivity index (χ0v) is 21.8. The summed E-state index contributed by atoms with van der Waals surface area (Å²) in [5.41, 5.74) is 4.09. The highest BCUT2D eigenvalue weighted by atomic mass is 32.1. The summed E-state index contributed by atoms with van der Waals surface area (Å²) in [5, 5.41) is 4.56. The number of rotatable bonds is 10. The summed E-state index contributed by atoms with van der Waals surface area (Å²) >= 11 is 5.43. The van der Waals surface area contributed by atoms with E-state index in [1.54, 1.807) is 4.90 Å². The third-order valence-electron chi connectivity index (χ3n) is 7.12. The van der Waals surface area contributed by atoms with Gasteiger partial charge in [-0.05, 0) is 61.3 Å². The molecule has 0 saturated carbocycles. The molecule has 1 unspecified atom stereocenters. The van der Waals surface area contributed by atoms with Crippen LogP contribution in [-0.4, -0.2) is 76.8 Å². The van der Waals surface area contributed by atoms with Gasteiger partial charge in [0, 0.05) is 55.4 Å². The number of aromatic nitrogens is 1. The van der Waals surface area contributed by atoms with Crippen LogP contribution in [0.3, 0.4) is 0 Å². The molecule has 3 aliphatic rings. The molecule has 3 heterocycles. The maximum absolute atomic E-state index is 13.2. The van der Waals surface area contributed by atoms with Crippen molar-refractivity contribution >= 4 is 45.8 Å². The normalized spacial score (nSPS) is 19.6. The van der Waals surface area contributed by atoms with E-state index in [0.717, 1.165) is 50.0 Å². The van der Waals surface area contributed by atoms with Crippen LogP contribution in [0.15, 0.2) is 59.4 Å². The average Bonchev–Trinajstić information content (AvgIpc) is 3.33. The van der Waals surface area contributed by atoms with Gasteiger partial charge in [0.15, 0.2) is 0 Å². The summed E-state index contributed by atoms with van der Waals surface area (Å²) in [6, 6.07) is 8.19. The third kappa shape index (κ3) is 5.99. The summed E-state index contributed by atoms with van der Waals surface area (Å²) in [4.78, 5) is 37.2. The van der Waals surface area contributed by atoms with Crippen molar-refractivity contribution in [2.24, 2.45) is 10.9 Å². The van der Waals surface area contributed by atoms with E-state index < -0.39 is 5.92 Å². The van der Waals surface area contributed by atoms with Crippen molar-refractivity contribution < 1.29 is 14.3 Å². The largest absolute Gasteiger partial charge is 0.378 e. The quantitative estimate of drug-likeness (QED) is 0.371. The number of thiocarbonyl (C=S) groups is 1. The van der Waals surface area contributed by atoms with E-state index in [2.05, 4.69) is 32.3 Å². The van der Waals surface area contributed by atoms with Crippen LogP contribution >= 0.6 is 12.2 Å². The van der Waals surface area contributed by atoms with Gasteiger partial charge in [-0.15, -0.1) is 0 Å². The number of nitrogens with zero attached hydrogens (tertiary/aromatic N) is 3. The highest BCUT2D eigenvalue weighted by molar-refractivity contribution is 7.80. The van der Waals surface area contributed by atoms with E-state index in [9.17, 15) is 9.59 Å². The van der Waals surface area contributed by atoms with Gasteiger partial charge < -0.3 is 19.9 Å². The number of nitrogens with one attached hydrogen (secondary N) is 2. The Morgan fingerprint density at radius 3 is 2.86 bits per heavy atom. The molecule has 0 radical (unpaired) electrons. The van der Waals surface area contributed by atoms with Gasteiger partial charge in [-0.3, -0.25) is 14.5 Å². The van der Waals surface area contributed by atoms with Gasteiger partial charge in [-0.2, -0.15) is 0 Å². The topological polar surface area (TPSA) is 90.0 Å². The second-order valence-electron chi connectivity index (χ2n) is 9.58. The van der Waals surface area contributed by atoms with Crippen molar-refractivity contribution in [3.05, 3.63) is 60.0 Å². The number of hydrogen-bond acceptors (Lipinski definition) is 5. The van der Waals surface area contributed by atoms with Crippen molar-refractivity contribution in [3.63, 3.8) is 0 Å². The number of carbonyl (C=O) groups excluding carboxylic acids is 2. The van der Waals surface area contributed by atoms with Crippen LogP contribution in [0.4, 0.5) is 0 Å². The van der Waals surface area contributed by atoms with Gasteiger partial charge in [0.2, 0.25) is 16.9 Å². The maximum atomic E-state index is 13.2. The summed E-state index contributed by atoms with van der Waals surface area (Å²) < 4.78 is 5.44. The molecular formula is C28H33N5O3S. The van der Waals surface area contributed by atoms with Gasteiger partial charge in [0.05, 0.1) is 18.9 Å². The zero-order valence-electron chi connectivity index (χ0n) is 20.9. The van der Waals surface area contributed by atoms with Crippen LogP contribution < -0.4 is 5.32 Å². The molecule has 5 rings (SSSR count). The van der Waals surface area contributed by atoms with Gasteiger partial charge in [0.1, 0.15) is 5.92 Å². The molecule has 2 aromatic rings. The number of ether oxygens (including phenoxy) is 1. The first kappa shape index (κ1) is 25.4. The Morgan fingerprint density at radius 2 is 2.00 bits per heavy atom. The summed E-state index contributed by atoms with van der Waals surface area (Å²) in [5.74, 6) is -0.342. The van der Waals surface area contributed by atoms with Crippen LogP contribution in [0.2, 0.25) is 0 Å². The lowest BCUT2D eigenvalue weighted by atomic mass is 9.93. The molecule has 1 aromatic carbocycles. The number of aromatic amines is 1. The van der Waals surface area contributed by atoms with Crippen molar-refractivity contribution in [2.45, 2.75) is 32.1 Å². The standard InChI is InChI=1S/C28H33N5O3S/c34-26(29-12-11-20-19-30-24-7-4-3-6-22(20)24)8-2-1-5-13-33-27(35)23-18-21(32-14-16-36-17-15-32)9-10-25(23)31-28(33)37/h3-4,6-7,9-10,18-19,23,30H,1-2,5,8,11-17H2,(H,29,34). The molecule has 0 spiro atoms. The van der Waals surface area contributed by atoms with E-state index in [1.807, 2.05) is 36.6 Å². The van der Waals surface area contributed by atoms with Crippen LogP contribution in [0.25, 0.3) is 10.9 Å². The molecule has 8 nitrogen and oxygen atoms in total. The minimum atomic E-state index is -0.391. The van der Waals surface area contributed by atoms with Crippen LogP contribution in [0, 0.1) is 5.92 Å². The van der Waals surface area contributed by atoms with Gasteiger partial charge in [-0.25, -0.2) is 4.99 Å². The molecular weight excluding hydrogens is 486 g/mol. The average molecular weight is 520 g/mol. The second kappa shape index (κ2) is 11.8. The van der Waals surface area contributed by atoms with Gasteiger partial charge in [0.25, 0.3) is 0 Å². The summed E-state index contributed by atoms with van der Waals surface area (Å²) in [7, 11) is 0. The molecule has 9 heteroatoms. The van der Waals surface area contributed by atoms with E-state index in [4.69, 9.17) is 17.0 Å². The fourth-order valence-corrected chi connectivity index (χ4v) is 5.34. The zero-order chi connectivity index (χ0) is 25.6. The van der Waals surface area contributed by atoms with Crippen LogP contribution in [0.1, 0.15) is 31.2 Å². The number of morpholine rings is 1. The third-order valence-corrected chi connectivity index (χ3v) is 7.43. The minimum absolute atomic E-state index is 0.0138. The number of amides is 2. The molecule has 1 aliphatic carbocycles. The molecule has 1 aromatic heterocycles. The lowest BCUT2D eigenvalue weighted by Crippen LogP contribution is -2.47. The molecule has 0 bridgehead atoms. The Morgan fingerprint density at radius 1 is 1.16 bits per heavy atom. The fourth-order valence-electron chi connectivity index (χ4n) is 5.06. The van der Waals surface area contributed by atoms with Crippen molar-refractivity contribution in [1.82, 2.24) is 20.1 Å². The Hall–Kier alpha value is -3.30. The van der Waals surface area contributed by atoms with Crippen molar-refractivity contribution in [1.29, 1.82) is 0 Å². The first-order chi connectivity index (χ1) is 18.1. The number of benzene rings is 1. The number of carbonyl (C=O) groups is 2. The Balaban J connectivity index is 1.03. The highest BCUT2D eigenvalue weighted by Crippen LogP contribution is 2.25. The van der Waals surface area contributed by atoms with E-state index >= 15 is 0 Å². The molecule has 1 fully saturated rings. The molecule has 2 aliphatic heterocycles. The van der Waals surface area contributed by atoms with E-state index in [-0.39, 0.29) is 11.8 Å². The SMILES string of the molecule is O=C(CCCCCN1C(=O)C2C=C(N3CCOCC3)C=CC2=NC1=S)NCCc1c[nH]c2ccccc12. The Labute approximate surface area is 222 Å². The summed E-state index contributed by atoms with van der Waals surface area (Å²) in [6.07, 6.45) is 11.6. The molecule has 194 valence electrons. The van der Waals surface area contributed by atoms with Gasteiger partial charge >= 0.3 is 0 Å². The second-order valence-corrected chi connectivity index (χ2v) is 9.95. The van der Waals surface area contributed by atoms with Crippen LogP contribution in [-0.2, 0) is 20.7 Å². The predicted octanol–water partition coefficient (Wildman–Crippen LogP) is 3.36. The highest BCUT2D eigenvalue weighted by Gasteiger charge is 2.35. The molecule has 2 amide bonds.